The summed E-state index contributed by atoms with van der Waals surface area (Å²) in [6.45, 7) is 6.53. The van der Waals surface area contributed by atoms with Gasteiger partial charge in [0.2, 0.25) is 0 Å². The van der Waals surface area contributed by atoms with E-state index in [1.54, 1.807) is 7.11 Å². The molecule has 4 heteroatoms. The summed E-state index contributed by atoms with van der Waals surface area (Å²) in [5, 5.41) is 8.76. The van der Waals surface area contributed by atoms with Crippen LogP contribution in [0.1, 0.15) is 26.7 Å². The number of hydrogen-bond donors (Lipinski definition) is 1. The fourth-order valence-corrected chi connectivity index (χ4v) is 1.56. The third-order valence-corrected chi connectivity index (χ3v) is 2.64. The zero-order chi connectivity index (χ0) is 11.7. The van der Waals surface area contributed by atoms with E-state index in [9.17, 15) is 4.79 Å². The lowest BCUT2D eigenvalue weighted by atomic mass is 10.0. The Morgan fingerprint density at radius 1 is 1.40 bits per heavy atom. The van der Waals surface area contributed by atoms with Gasteiger partial charge in [-0.2, -0.15) is 0 Å². The minimum absolute atomic E-state index is 0.111. The SMILES string of the molecule is CCC(CC)CN(CCOC)CC(=O)O. The molecule has 0 aliphatic carbocycles. The third kappa shape index (κ3) is 7.33. The molecule has 0 amide bonds. The second-order valence-corrected chi connectivity index (χ2v) is 3.80. The molecule has 0 unspecified atom stereocenters. The van der Waals surface area contributed by atoms with E-state index < -0.39 is 5.97 Å². The molecule has 0 bridgehead atoms. The molecule has 0 aromatic rings. The lowest BCUT2D eigenvalue weighted by Gasteiger charge is -2.24. The average molecular weight is 217 g/mol. The average Bonchev–Trinajstić information content (AvgIpc) is 2.21. The molecule has 0 radical (unpaired) electrons. The predicted octanol–water partition coefficient (Wildman–Crippen LogP) is 1.46. The Morgan fingerprint density at radius 2 is 2.00 bits per heavy atom. The van der Waals surface area contributed by atoms with E-state index in [-0.39, 0.29) is 6.54 Å². The van der Waals surface area contributed by atoms with Gasteiger partial charge in [-0.25, -0.2) is 0 Å². The number of aliphatic carboxylic acids is 1. The fourth-order valence-electron chi connectivity index (χ4n) is 1.56. The first-order chi connectivity index (χ1) is 7.13. The topological polar surface area (TPSA) is 49.8 Å². The van der Waals surface area contributed by atoms with Crippen LogP contribution in [0.3, 0.4) is 0 Å². The van der Waals surface area contributed by atoms with E-state index in [2.05, 4.69) is 13.8 Å². The summed E-state index contributed by atoms with van der Waals surface area (Å²) >= 11 is 0. The van der Waals surface area contributed by atoms with Crippen LogP contribution in [-0.4, -0.2) is 49.3 Å². The number of hydrogen-bond acceptors (Lipinski definition) is 3. The third-order valence-electron chi connectivity index (χ3n) is 2.64. The molecule has 0 rings (SSSR count). The van der Waals surface area contributed by atoms with Crippen molar-refractivity contribution in [2.24, 2.45) is 5.92 Å². The van der Waals surface area contributed by atoms with Gasteiger partial charge in [0, 0.05) is 20.2 Å². The Balaban J connectivity index is 4.03. The number of carboxylic acids is 1. The molecule has 4 nitrogen and oxygen atoms in total. The Kier molecular flexibility index (Phi) is 8.33. The lowest BCUT2D eigenvalue weighted by Crippen LogP contribution is -2.36. The van der Waals surface area contributed by atoms with Gasteiger partial charge in [-0.15, -0.1) is 0 Å². The number of rotatable bonds is 9. The number of methoxy groups -OCH3 is 1. The van der Waals surface area contributed by atoms with Crippen molar-refractivity contribution in [2.75, 3.05) is 33.4 Å². The van der Waals surface area contributed by atoms with Gasteiger partial charge in [0.1, 0.15) is 0 Å². The highest BCUT2D eigenvalue weighted by molar-refractivity contribution is 5.69. The minimum atomic E-state index is -0.767. The van der Waals surface area contributed by atoms with Crippen molar-refractivity contribution in [2.45, 2.75) is 26.7 Å². The van der Waals surface area contributed by atoms with Crippen LogP contribution < -0.4 is 0 Å². The maximum Gasteiger partial charge on any atom is 0.317 e. The number of ether oxygens (including phenoxy) is 1. The highest BCUT2D eigenvalue weighted by Crippen LogP contribution is 2.09. The van der Waals surface area contributed by atoms with Gasteiger partial charge >= 0.3 is 5.97 Å². The standard InChI is InChI=1S/C11H23NO3/c1-4-10(5-2)8-12(6-7-15-3)9-11(13)14/h10H,4-9H2,1-3H3,(H,13,14). The van der Waals surface area contributed by atoms with Crippen LogP contribution in [0.15, 0.2) is 0 Å². The first-order valence-electron chi connectivity index (χ1n) is 5.57. The van der Waals surface area contributed by atoms with Crippen molar-refractivity contribution in [1.82, 2.24) is 4.90 Å². The van der Waals surface area contributed by atoms with Gasteiger partial charge in [0.15, 0.2) is 0 Å². The Morgan fingerprint density at radius 3 is 2.40 bits per heavy atom. The predicted molar refractivity (Wildman–Crippen MR) is 60.0 cm³/mol. The van der Waals surface area contributed by atoms with Gasteiger partial charge in [0.25, 0.3) is 0 Å². The van der Waals surface area contributed by atoms with Crippen LogP contribution in [0.25, 0.3) is 0 Å². The number of nitrogens with zero attached hydrogens (tertiary/aromatic N) is 1. The van der Waals surface area contributed by atoms with Crippen molar-refractivity contribution in [3.63, 3.8) is 0 Å². The Labute approximate surface area is 92.2 Å². The van der Waals surface area contributed by atoms with Crippen LogP contribution in [0.4, 0.5) is 0 Å². The van der Waals surface area contributed by atoms with Gasteiger partial charge in [-0.05, 0) is 5.92 Å². The quantitative estimate of drug-likeness (QED) is 0.635. The maximum atomic E-state index is 10.6. The summed E-state index contributed by atoms with van der Waals surface area (Å²) in [4.78, 5) is 12.6. The molecule has 1 N–H and O–H groups in total. The zero-order valence-corrected chi connectivity index (χ0v) is 10.0. The summed E-state index contributed by atoms with van der Waals surface area (Å²) in [5.41, 5.74) is 0. The molecular formula is C11H23NO3. The molecular weight excluding hydrogens is 194 g/mol. The van der Waals surface area contributed by atoms with Gasteiger partial charge in [0.05, 0.1) is 13.2 Å². The van der Waals surface area contributed by atoms with Crippen molar-refractivity contribution in [3.8, 4) is 0 Å². The highest BCUT2D eigenvalue weighted by Gasteiger charge is 2.13. The van der Waals surface area contributed by atoms with Crippen molar-refractivity contribution >= 4 is 5.97 Å². The van der Waals surface area contributed by atoms with E-state index in [0.717, 1.165) is 19.4 Å². The van der Waals surface area contributed by atoms with Crippen molar-refractivity contribution < 1.29 is 14.6 Å². The number of carbonyl (C=O) groups is 1. The summed E-state index contributed by atoms with van der Waals surface area (Å²) in [7, 11) is 1.63. The monoisotopic (exact) mass is 217 g/mol. The molecule has 0 atom stereocenters. The molecule has 0 saturated carbocycles. The molecule has 0 heterocycles. The Hall–Kier alpha value is -0.610. The normalized spacial score (nSPS) is 11.3. The molecule has 0 saturated heterocycles. The summed E-state index contributed by atoms with van der Waals surface area (Å²) < 4.78 is 4.97. The maximum absolute atomic E-state index is 10.6. The number of carboxylic acid groups (broad SMARTS) is 1. The van der Waals surface area contributed by atoms with E-state index in [1.165, 1.54) is 0 Å². The fraction of sp³-hybridized carbons (Fsp3) is 0.909. The van der Waals surface area contributed by atoms with Gasteiger partial charge in [-0.3, -0.25) is 9.69 Å². The first kappa shape index (κ1) is 14.4. The van der Waals surface area contributed by atoms with E-state index >= 15 is 0 Å². The van der Waals surface area contributed by atoms with Crippen molar-refractivity contribution in [1.29, 1.82) is 0 Å². The molecule has 0 aromatic heterocycles. The van der Waals surface area contributed by atoms with Crippen LogP contribution in [0.2, 0.25) is 0 Å². The lowest BCUT2D eigenvalue weighted by molar-refractivity contribution is -0.138. The second-order valence-electron chi connectivity index (χ2n) is 3.80. The van der Waals surface area contributed by atoms with Crippen LogP contribution in [0, 0.1) is 5.92 Å². The summed E-state index contributed by atoms with van der Waals surface area (Å²) in [6.07, 6.45) is 2.19. The van der Waals surface area contributed by atoms with E-state index in [1.807, 2.05) is 4.90 Å². The van der Waals surface area contributed by atoms with E-state index in [4.69, 9.17) is 9.84 Å². The highest BCUT2D eigenvalue weighted by atomic mass is 16.5. The Bertz CT molecular complexity index is 169. The van der Waals surface area contributed by atoms with Gasteiger partial charge < -0.3 is 9.84 Å². The molecule has 90 valence electrons. The van der Waals surface area contributed by atoms with Crippen molar-refractivity contribution in [3.05, 3.63) is 0 Å². The molecule has 15 heavy (non-hydrogen) atoms. The smallest absolute Gasteiger partial charge is 0.317 e. The van der Waals surface area contributed by atoms with Crippen LogP contribution in [0.5, 0.6) is 0 Å². The van der Waals surface area contributed by atoms with E-state index in [0.29, 0.717) is 19.1 Å². The second kappa shape index (κ2) is 8.68. The van der Waals surface area contributed by atoms with Gasteiger partial charge in [-0.1, -0.05) is 26.7 Å². The molecule has 0 aromatic carbocycles. The summed E-state index contributed by atoms with van der Waals surface area (Å²) in [6, 6.07) is 0. The van der Waals surface area contributed by atoms with Crippen LogP contribution in [-0.2, 0) is 9.53 Å². The molecule has 0 aliphatic heterocycles. The zero-order valence-electron chi connectivity index (χ0n) is 10.0. The molecule has 0 fully saturated rings. The molecule has 0 spiro atoms. The molecule has 0 aliphatic rings. The largest absolute Gasteiger partial charge is 0.480 e. The first-order valence-corrected chi connectivity index (χ1v) is 5.57. The summed E-state index contributed by atoms with van der Waals surface area (Å²) in [5.74, 6) is -0.182. The van der Waals surface area contributed by atoms with Crippen LogP contribution >= 0.6 is 0 Å². The minimum Gasteiger partial charge on any atom is -0.480 e.